The van der Waals surface area contributed by atoms with Crippen LogP contribution < -0.4 is 16.0 Å². The van der Waals surface area contributed by atoms with Gasteiger partial charge in [-0.05, 0) is 32.6 Å². The molecule has 27 heavy (non-hydrogen) atoms. The van der Waals surface area contributed by atoms with Gasteiger partial charge in [0.05, 0.1) is 12.1 Å². The van der Waals surface area contributed by atoms with Crippen LogP contribution >= 0.6 is 24.0 Å². The zero-order chi connectivity index (χ0) is 19.3. The van der Waals surface area contributed by atoms with Crippen molar-refractivity contribution in [1.82, 2.24) is 16.0 Å². The highest BCUT2D eigenvalue weighted by atomic mass is 127. The third kappa shape index (κ3) is 11.1. The molecule has 1 aliphatic rings. The zero-order valence-corrected chi connectivity index (χ0v) is 19.8. The van der Waals surface area contributed by atoms with Crippen molar-refractivity contribution in [3.63, 3.8) is 0 Å². The van der Waals surface area contributed by atoms with E-state index in [1.54, 1.807) is 0 Å². The Morgan fingerprint density at radius 1 is 1.00 bits per heavy atom. The van der Waals surface area contributed by atoms with Crippen LogP contribution in [0.15, 0.2) is 4.99 Å². The molecule has 0 spiro atoms. The molecule has 0 bridgehead atoms. The summed E-state index contributed by atoms with van der Waals surface area (Å²) in [5.41, 5.74) is -0.721. The Morgan fingerprint density at radius 3 is 2.15 bits per heavy atom. The predicted octanol–water partition coefficient (Wildman–Crippen LogP) is 3.19. The first kappa shape index (κ1) is 26.4. The molecule has 7 heteroatoms. The van der Waals surface area contributed by atoms with Gasteiger partial charge in [0.25, 0.3) is 0 Å². The summed E-state index contributed by atoms with van der Waals surface area (Å²) >= 11 is 0. The average Bonchev–Trinajstić information content (AvgIpc) is 2.64. The number of carbonyl (C=O) groups is 1. The van der Waals surface area contributed by atoms with Gasteiger partial charge in [0.2, 0.25) is 5.91 Å². The van der Waals surface area contributed by atoms with Crippen LogP contribution in [0.3, 0.4) is 0 Å². The van der Waals surface area contributed by atoms with Crippen LogP contribution in [0.25, 0.3) is 0 Å². The summed E-state index contributed by atoms with van der Waals surface area (Å²) in [5, 5.41) is 20.2. The normalized spacial score (nSPS) is 15.8. The highest BCUT2D eigenvalue weighted by Gasteiger charge is 2.24. The number of hydrogen-bond acceptors (Lipinski definition) is 3. The Bertz CT molecular complexity index is 420. The van der Waals surface area contributed by atoms with Gasteiger partial charge in [-0.2, -0.15) is 0 Å². The van der Waals surface area contributed by atoms with Crippen molar-refractivity contribution < 1.29 is 9.90 Å². The van der Waals surface area contributed by atoms with E-state index in [-0.39, 0.29) is 35.8 Å². The minimum atomic E-state index is -0.721. The van der Waals surface area contributed by atoms with Crippen LogP contribution in [-0.4, -0.2) is 48.8 Å². The van der Waals surface area contributed by atoms with Gasteiger partial charge in [-0.25, -0.2) is 0 Å². The molecule has 0 aromatic heterocycles. The molecule has 1 amide bonds. The van der Waals surface area contributed by atoms with Crippen LogP contribution in [0.5, 0.6) is 0 Å². The maximum absolute atomic E-state index is 12.2. The number of aliphatic hydroxyl groups is 1. The van der Waals surface area contributed by atoms with Gasteiger partial charge in [0, 0.05) is 25.6 Å². The van der Waals surface area contributed by atoms with Crippen LogP contribution in [0, 0.1) is 5.92 Å². The average molecular weight is 496 g/mol. The topological polar surface area (TPSA) is 85.8 Å². The number of halogens is 1. The molecule has 0 unspecified atom stereocenters. The lowest BCUT2D eigenvalue weighted by atomic mass is 9.89. The van der Waals surface area contributed by atoms with E-state index in [0.29, 0.717) is 25.6 Å². The summed E-state index contributed by atoms with van der Waals surface area (Å²) in [6, 6.07) is 0. The van der Waals surface area contributed by atoms with Crippen molar-refractivity contribution >= 4 is 35.8 Å². The summed E-state index contributed by atoms with van der Waals surface area (Å²) in [6.07, 6.45) is 9.08. The minimum Gasteiger partial charge on any atom is -0.388 e. The maximum atomic E-state index is 12.2. The molecule has 160 valence electrons. The van der Waals surface area contributed by atoms with Gasteiger partial charge in [-0.15, -0.1) is 24.0 Å². The number of carbonyl (C=O) groups excluding carboxylic acids is 1. The second-order valence-corrected chi connectivity index (χ2v) is 7.47. The zero-order valence-electron chi connectivity index (χ0n) is 17.5. The Hall–Kier alpha value is -0.570. The molecule has 0 aliphatic heterocycles. The number of guanidine groups is 1. The first-order valence-corrected chi connectivity index (χ1v) is 10.6. The van der Waals surface area contributed by atoms with E-state index in [1.165, 1.54) is 19.3 Å². The highest BCUT2D eigenvalue weighted by Crippen LogP contribution is 2.23. The van der Waals surface area contributed by atoms with Gasteiger partial charge >= 0.3 is 0 Å². The molecule has 0 aromatic carbocycles. The molecular formula is C20H41IN4O2. The van der Waals surface area contributed by atoms with Crippen LogP contribution in [0.1, 0.15) is 78.6 Å². The summed E-state index contributed by atoms with van der Waals surface area (Å²) < 4.78 is 0. The van der Waals surface area contributed by atoms with Crippen molar-refractivity contribution in [2.24, 2.45) is 10.9 Å². The number of aliphatic imine (C=N–C) groups is 1. The lowest BCUT2D eigenvalue weighted by Gasteiger charge is -2.26. The molecule has 0 aromatic rings. The van der Waals surface area contributed by atoms with Crippen LogP contribution in [0.4, 0.5) is 0 Å². The van der Waals surface area contributed by atoms with Crippen LogP contribution in [0.2, 0.25) is 0 Å². The minimum absolute atomic E-state index is 0. The second kappa shape index (κ2) is 15.4. The smallest absolute Gasteiger partial charge is 0.223 e. The molecule has 0 heterocycles. The number of hydrogen-bond donors (Lipinski definition) is 4. The van der Waals surface area contributed by atoms with E-state index in [1.807, 2.05) is 6.92 Å². The van der Waals surface area contributed by atoms with Gasteiger partial charge in [0.15, 0.2) is 5.96 Å². The van der Waals surface area contributed by atoms with Crippen molar-refractivity contribution in [2.75, 3.05) is 26.2 Å². The van der Waals surface area contributed by atoms with Crippen molar-refractivity contribution in [3.8, 4) is 0 Å². The third-order valence-electron chi connectivity index (χ3n) is 5.00. The SMILES string of the molecule is CCCC(O)(CCC)CN=C(NCC)NCCNC(=O)C1CCCCC1.I. The summed E-state index contributed by atoms with van der Waals surface area (Å²) in [6.45, 7) is 8.58. The van der Waals surface area contributed by atoms with E-state index >= 15 is 0 Å². The summed E-state index contributed by atoms with van der Waals surface area (Å²) in [5.74, 6) is 1.09. The lowest BCUT2D eigenvalue weighted by Crippen LogP contribution is -2.43. The molecule has 1 rings (SSSR count). The van der Waals surface area contributed by atoms with Crippen molar-refractivity contribution in [1.29, 1.82) is 0 Å². The Kier molecular flexibility index (Phi) is 15.0. The molecule has 1 fully saturated rings. The molecule has 0 atom stereocenters. The largest absolute Gasteiger partial charge is 0.388 e. The summed E-state index contributed by atoms with van der Waals surface area (Å²) in [4.78, 5) is 16.7. The molecule has 1 saturated carbocycles. The molecule has 0 radical (unpaired) electrons. The standard InChI is InChI=1S/C20H40N4O2.HI/c1-4-12-20(26,13-5-2)16-24-19(21-6-3)23-15-14-22-18(25)17-10-8-7-9-11-17;/h17,26H,4-16H2,1-3H3,(H,22,25)(H2,21,23,24);1H. The first-order chi connectivity index (χ1) is 12.5. The van der Waals surface area contributed by atoms with Crippen molar-refractivity contribution in [3.05, 3.63) is 0 Å². The fraction of sp³-hybridized carbons (Fsp3) is 0.900. The molecule has 4 N–H and O–H groups in total. The van der Waals surface area contributed by atoms with Gasteiger partial charge in [-0.1, -0.05) is 46.0 Å². The molecular weight excluding hydrogens is 455 g/mol. The third-order valence-corrected chi connectivity index (χ3v) is 5.00. The number of nitrogens with one attached hydrogen (secondary N) is 3. The Balaban J connectivity index is 0.00000676. The molecule has 1 aliphatic carbocycles. The monoisotopic (exact) mass is 496 g/mol. The fourth-order valence-electron chi connectivity index (χ4n) is 3.66. The number of nitrogens with zero attached hydrogens (tertiary/aromatic N) is 1. The highest BCUT2D eigenvalue weighted by molar-refractivity contribution is 14.0. The number of rotatable bonds is 11. The first-order valence-electron chi connectivity index (χ1n) is 10.6. The molecule has 0 saturated heterocycles. The quantitative estimate of drug-likeness (QED) is 0.153. The van der Waals surface area contributed by atoms with Crippen molar-refractivity contribution in [2.45, 2.75) is 84.2 Å². The van der Waals surface area contributed by atoms with E-state index in [4.69, 9.17) is 0 Å². The second-order valence-electron chi connectivity index (χ2n) is 7.47. The predicted molar refractivity (Wildman–Crippen MR) is 124 cm³/mol. The summed E-state index contributed by atoms with van der Waals surface area (Å²) in [7, 11) is 0. The van der Waals surface area contributed by atoms with Gasteiger partial charge < -0.3 is 21.1 Å². The Labute approximate surface area is 182 Å². The lowest BCUT2D eigenvalue weighted by molar-refractivity contribution is -0.125. The molecule has 6 nitrogen and oxygen atoms in total. The van der Waals surface area contributed by atoms with E-state index in [9.17, 15) is 9.90 Å². The maximum Gasteiger partial charge on any atom is 0.223 e. The van der Waals surface area contributed by atoms with E-state index < -0.39 is 5.60 Å². The van der Waals surface area contributed by atoms with Gasteiger partial charge in [-0.3, -0.25) is 9.79 Å². The van der Waals surface area contributed by atoms with Gasteiger partial charge in [0.1, 0.15) is 0 Å². The number of amides is 1. The van der Waals surface area contributed by atoms with Crippen LogP contribution in [-0.2, 0) is 4.79 Å². The van der Waals surface area contributed by atoms with E-state index in [0.717, 1.165) is 45.1 Å². The van der Waals surface area contributed by atoms with E-state index in [2.05, 4.69) is 34.8 Å². The fourth-order valence-corrected chi connectivity index (χ4v) is 3.66. The Morgan fingerprint density at radius 2 is 1.59 bits per heavy atom.